The molecule has 0 unspecified atom stereocenters. The van der Waals surface area contributed by atoms with E-state index >= 15 is 0 Å². The van der Waals surface area contributed by atoms with Gasteiger partial charge in [-0.2, -0.15) is 0 Å². The Labute approximate surface area is 168 Å². The number of nitrogens with one attached hydrogen (secondary N) is 1. The van der Waals surface area contributed by atoms with Gasteiger partial charge >= 0.3 is 0 Å². The van der Waals surface area contributed by atoms with Crippen LogP contribution in [0.3, 0.4) is 0 Å². The van der Waals surface area contributed by atoms with E-state index in [4.69, 9.17) is 9.47 Å². The van der Waals surface area contributed by atoms with Crippen molar-refractivity contribution in [1.29, 1.82) is 0 Å². The Balaban J connectivity index is 1.64. The second-order valence-electron chi connectivity index (χ2n) is 6.17. The van der Waals surface area contributed by atoms with Gasteiger partial charge in [0.1, 0.15) is 11.5 Å². The van der Waals surface area contributed by atoms with E-state index in [-0.39, 0.29) is 11.7 Å². The van der Waals surface area contributed by atoms with Crippen molar-refractivity contribution >= 4 is 23.4 Å². The van der Waals surface area contributed by atoms with Crippen molar-refractivity contribution < 1.29 is 14.3 Å². The third kappa shape index (κ3) is 4.64. The highest BCUT2D eigenvalue weighted by atomic mass is 32.2. The van der Waals surface area contributed by atoms with Gasteiger partial charge in [0.05, 0.1) is 20.0 Å². The molecule has 0 aliphatic rings. The molecule has 1 heterocycles. The number of thioether (sulfide) groups is 1. The summed E-state index contributed by atoms with van der Waals surface area (Å²) in [5, 5.41) is 12.0. The molecule has 2 aromatic carbocycles. The molecule has 0 bridgehead atoms. The Bertz CT molecular complexity index is 948. The number of carbonyl (C=O) groups excluding carboxylic acids is 1. The second-order valence-corrected chi connectivity index (χ2v) is 7.11. The number of hydrogen-bond acceptors (Lipinski definition) is 6. The van der Waals surface area contributed by atoms with Crippen LogP contribution in [0, 0.1) is 6.92 Å². The van der Waals surface area contributed by atoms with Crippen LogP contribution < -0.4 is 14.8 Å². The molecule has 146 valence electrons. The minimum atomic E-state index is -0.153. The number of benzene rings is 2. The van der Waals surface area contributed by atoms with Crippen LogP contribution in [0.5, 0.6) is 11.5 Å². The van der Waals surface area contributed by atoms with Crippen molar-refractivity contribution in [3.8, 4) is 22.9 Å². The first-order valence-corrected chi connectivity index (χ1v) is 9.61. The van der Waals surface area contributed by atoms with Crippen molar-refractivity contribution in [2.24, 2.45) is 7.05 Å². The molecule has 1 amide bonds. The lowest BCUT2D eigenvalue weighted by Gasteiger charge is -2.10. The number of amides is 1. The molecule has 1 aromatic heterocycles. The van der Waals surface area contributed by atoms with Crippen LogP contribution in [-0.4, -0.2) is 40.6 Å². The van der Waals surface area contributed by atoms with Crippen molar-refractivity contribution in [2.45, 2.75) is 12.1 Å². The minimum Gasteiger partial charge on any atom is -0.497 e. The van der Waals surface area contributed by atoms with Crippen LogP contribution in [-0.2, 0) is 11.8 Å². The van der Waals surface area contributed by atoms with Gasteiger partial charge in [-0.05, 0) is 6.92 Å². The van der Waals surface area contributed by atoms with E-state index in [9.17, 15) is 4.79 Å². The molecule has 0 atom stereocenters. The summed E-state index contributed by atoms with van der Waals surface area (Å²) in [6, 6.07) is 13.3. The van der Waals surface area contributed by atoms with Crippen LogP contribution >= 0.6 is 11.8 Å². The van der Waals surface area contributed by atoms with Gasteiger partial charge in [-0.15, -0.1) is 10.2 Å². The highest BCUT2D eigenvalue weighted by Crippen LogP contribution is 2.27. The molecule has 3 rings (SSSR count). The largest absolute Gasteiger partial charge is 0.497 e. The maximum atomic E-state index is 12.3. The summed E-state index contributed by atoms with van der Waals surface area (Å²) < 4.78 is 12.3. The number of methoxy groups -OCH3 is 2. The molecule has 0 saturated carbocycles. The number of anilines is 1. The van der Waals surface area contributed by atoms with E-state index in [1.807, 2.05) is 42.8 Å². The number of rotatable bonds is 7. The van der Waals surface area contributed by atoms with Gasteiger partial charge in [-0.25, -0.2) is 0 Å². The molecule has 28 heavy (non-hydrogen) atoms. The summed E-state index contributed by atoms with van der Waals surface area (Å²) in [6.45, 7) is 2.04. The first-order valence-electron chi connectivity index (χ1n) is 8.62. The fraction of sp³-hybridized carbons (Fsp3) is 0.250. The fourth-order valence-electron chi connectivity index (χ4n) is 2.60. The fourth-order valence-corrected chi connectivity index (χ4v) is 3.31. The van der Waals surface area contributed by atoms with Gasteiger partial charge in [0.25, 0.3) is 0 Å². The van der Waals surface area contributed by atoms with Gasteiger partial charge < -0.3 is 19.4 Å². The van der Waals surface area contributed by atoms with Crippen molar-refractivity contribution in [3.05, 3.63) is 48.0 Å². The second kappa shape index (κ2) is 8.79. The molecule has 1 N–H and O–H groups in total. The Morgan fingerprint density at radius 2 is 1.71 bits per heavy atom. The van der Waals surface area contributed by atoms with Crippen LogP contribution in [0.1, 0.15) is 5.56 Å². The predicted molar refractivity (Wildman–Crippen MR) is 110 cm³/mol. The lowest BCUT2D eigenvalue weighted by Crippen LogP contribution is -2.14. The number of aryl methyl sites for hydroxylation is 1. The summed E-state index contributed by atoms with van der Waals surface area (Å²) >= 11 is 1.33. The molecule has 0 spiro atoms. The summed E-state index contributed by atoms with van der Waals surface area (Å²) in [7, 11) is 5.02. The molecule has 0 aliphatic carbocycles. The molecular formula is C20H22N4O3S. The zero-order chi connectivity index (χ0) is 20.1. The number of aromatic nitrogens is 3. The van der Waals surface area contributed by atoms with Gasteiger partial charge in [-0.3, -0.25) is 4.79 Å². The topological polar surface area (TPSA) is 78.3 Å². The summed E-state index contributed by atoms with van der Waals surface area (Å²) in [5.41, 5.74) is 2.78. The molecule has 0 radical (unpaired) electrons. The molecular weight excluding hydrogens is 376 g/mol. The lowest BCUT2D eigenvalue weighted by atomic mass is 10.1. The summed E-state index contributed by atoms with van der Waals surface area (Å²) in [6.07, 6.45) is 0. The predicted octanol–water partition coefficient (Wildman–Crippen LogP) is 3.54. The van der Waals surface area contributed by atoms with E-state index in [1.165, 1.54) is 17.3 Å². The van der Waals surface area contributed by atoms with Crippen molar-refractivity contribution in [3.63, 3.8) is 0 Å². The number of nitrogens with zero attached hydrogens (tertiary/aromatic N) is 3. The number of hydrogen-bond donors (Lipinski definition) is 1. The average molecular weight is 398 g/mol. The van der Waals surface area contributed by atoms with E-state index in [1.54, 1.807) is 32.4 Å². The van der Waals surface area contributed by atoms with Crippen LogP contribution in [0.25, 0.3) is 11.4 Å². The Kier molecular flexibility index (Phi) is 6.20. The highest BCUT2D eigenvalue weighted by molar-refractivity contribution is 7.99. The van der Waals surface area contributed by atoms with Crippen LogP contribution in [0.2, 0.25) is 0 Å². The Hall–Kier alpha value is -3.00. The number of ether oxygens (including phenoxy) is 2. The SMILES string of the molecule is COc1cc(NC(=O)CSc2nnc(-c3ccc(C)cc3)n2C)cc(OC)c1. The molecule has 0 fully saturated rings. The Morgan fingerprint density at radius 3 is 2.32 bits per heavy atom. The molecule has 3 aromatic rings. The third-order valence-electron chi connectivity index (χ3n) is 4.11. The van der Waals surface area contributed by atoms with E-state index in [0.717, 1.165) is 11.4 Å². The monoisotopic (exact) mass is 398 g/mol. The smallest absolute Gasteiger partial charge is 0.234 e. The zero-order valence-corrected chi connectivity index (χ0v) is 17.0. The minimum absolute atomic E-state index is 0.153. The molecule has 0 aliphatic heterocycles. The van der Waals surface area contributed by atoms with Gasteiger partial charge in [0.15, 0.2) is 11.0 Å². The van der Waals surface area contributed by atoms with E-state index in [2.05, 4.69) is 15.5 Å². The summed E-state index contributed by atoms with van der Waals surface area (Å²) in [4.78, 5) is 12.3. The summed E-state index contributed by atoms with van der Waals surface area (Å²) in [5.74, 6) is 2.04. The first kappa shape index (κ1) is 19.8. The molecule has 8 heteroatoms. The van der Waals surface area contributed by atoms with Gasteiger partial charge in [-0.1, -0.05) is 41.6 Å². The highest BCUT2D eigenvalue weighted by Gasteiger charge is 2.13. The third-order valence-corrected chi connectivity index (χ3v) is 5.13. The van der Waals surface area contributed by atoms with E-state index in [0.29, 0.717) is 22.3 Å². The quantitative estimate of drug-likeness (QED) is 0.614. The average Bonchev–Trinajstić information content (AvgIpc) is 3.07. The van der Waals surface area contributed by atoms with Gasteiger partial charge in [0.2, 0.25) is 5.91 Å². The first-order chi connectivity index (χ1) is 13.5. The lowest BCUT2D eigenvalue weighted by molar-refractivity contribution is -0.113. The maximum absolute atomic E-state index is 12.3. The molecule has 0 saturated heterocycles. The Morgan fingerprint density at radius 1 is 1.07 bits per heavy atom. The van der Waals surface area contributed by atoms with E-state index < -0.39 is 0 Å². The normalized spacial score (nSPS) is 10.6. The van der Waals surface area contributed by atoms with Crippen LogP contribution in [0.15, 0.2) is 47.6 Å². The van der Waals surface area contributed by atoms with Crippen molar-refractivity contribution in [2.75, 3.05) is 25.3 Å². The van der Waals surface area contributed by atoms with Crippen molar-refractivity contribution in [1.82, 2.24) is 14.8 Å². The maximum Gasteiger partial charge on any atom is 0.234 e. The van der Waals surface area contributed by atoms with Crippen LogP contribution in [0.4, 0.5) is 5.69 Å². The zero-order valence-electron chi connectivity index (χ0n) is 16.2. The van der Waals surface area contributed by atoms with Gasteiger partial charge in [0, 0.05) is 36.5 Å². The standard InChI is InChI=1S/C20H22N4O3S/c1-13-5-7-14(8-6-13)19-22-23-20(24(19)2)28-12-18(25)21-15-9-16(26-3)11-17(10-15)27-4/h5-11H,12H2,1-4H3,(H,21,25). The molecule has 7 nitrogen and oxygen atoms in total. The number of carbonyl (C=O) groups is 1.